The quantitative estimate of drug-likeness (QED) is 0.789. The average Bonchev–Trinajstić information content (AvgIpc) is 3.06. The maximum absolute atomic E-state index is 4.72. The van der Waals surface area contributed by atoms with Crippen LogP contribution in [0, 0.1) is 0 Å². The van der Waals surface area contributed by atoms with Crippen LogP contribution >= 0.6 is 11.3 Å². The molecule has 0 radical (unpaired) electrons. The van der Waals surface area contributed by atoms with E-state index in [1.54, 1.807) is 11.3 Å². The van der Waals surface area contributed by atoms with Crippen molar-refractivity contribution in [2.45, 2.75) is 13.0 Å². The summed E-state index contributed by atoms with van der Waals surface area (Å²) >= 11 is 1.73. The van der Waals surface area contributed by atoms with E-state index in [-0.39, 0.29) is 6.04 Å². The molecule has 1 N–H and O–H groups in total. The molecule has 0 saturated heterocycles. The molecule has 98 valence electrons. The molecule has 1 unspecified atom stereocenters. The van der Waals surface area contributed by atoms with Gasteiger partial charge in [-0.1, -0.05) is 25.1 Å². The summed E-state index contributed by atoms with van der Waals surface area (Å²) in [6.07, 6.45) is 0. The second-order valence-corrected chi connectivity index (χ2v) is 5.35. The van der Waals surface area contributed by atoms with Gasteiger partial charge in [-0.25, -0.2) is 0 Å². The lowest BCUT2D eigenvalue weighted by Crippen LogP contribution is -2.22. The minimum absolute atomic E-state index is 0.169. The summed E-state index contributed by atoms with van der Waals surface area (Å²) < 4.78 is 1.96. The molecule has 1 aromatic carbocycles. The summed E-state index contributed by atoms with van der Waals surface area (Å²) in [7, 11) is 2.00. The first kappa shape index (κ1) is 12.4. The van der Waals surface area contributed by atoms with Crippen LogP contribution < -0.4 is 5.32 Å². The molecular weight excluding hydrogens is 254 g/mol. The monoisotopic (exact) mass is 271 g/mol. The fraction of sp³-hybridized carbons (Fsp3) is 0.267. The lowest BCUT2D eigenvalue weighted by Gasteiger charge is -2.14. The van der Waals surface area contributed by atoms with Crippen LogP contribution in [0.1, 0.15) is 24.2 Å². The van der Waals surface area contributed by atoms with Gasteiger partial charge in [0.1, 0.15) is 0 Å². The van der Waals surface area contributed by atoms with Crippen molar-refractivity contribution >= 4 is 22.2 Å². The zero-order valence-corrected chi connectivity index (χ0v) is 11.9. The van der Waals surface area contributed by atoms with E-state index in [4.69, 9.17) is 5.10 Å². The molecule has 0 bridgehead atoms. The molecule has 1 atom stereocenters. The lowest BCUT2D eigenvalue weighted by atomic mass is 10.0. The van der Waals surface area contributed by atoms with Crippen molar-refractivity contribution in [2.24, 2.45) is 7.05 Å². The van der Waals surface area contributed by atoms with Crippen LogP contribution in [0.15, 0.2) is 41.1 Å². The molecule has 0 aliphatic heterocycles. The van der Waals surface area contributed by atoms with E-state index in [9.17, 15) is 0 Å². The Kier molecular flexibility index (Phi) is 3.36. The summed E-state index contributed by atoms with van der Waals surface area (Å²) in [5, 5.41) is 13.8. The summed E-state index contributed by atoms with van der Waals surface area (Å²) in [6.45, 7) is 3.05. The molecule has 0 aliphatic rings. The van der Waals surface area contributed by atoms with Crippen molar-refractivity contribution in [3.05, 3.63) is 52.3 Å². The van der Waals surface area contributed by atoms with Gasteiger partial charge in [0.15, 0.2) is 0 Å². The third-order valence-corrected chi connectivity index (χ3v) is 4.05. The number of para-hydroxylation sites is 1. The number of fused-ring (bicyclic) bond motifs is 1. The first-order valence-corrected chi connectivity index (χ1v) is 7.42. The first-order valence-electron chi connectivity index (χ1n) is 6.48. The molecule has 4 heteroatoms. The van der Waals surface area contributed by atoms with E-state index >= 15 is 0 Å². The van der Waals surface area contributed by atoms with Crippen molar-refractivity contribution in [1.82, 2.24) is 15.1 Å². The molecular formula is C15H17N3S. The number of aromatic nitrogens is 2. The molecule has 3 aromatic rings. The first-order chi connectivity index (χ1) is 9.31. The molecule has 3 rings (SSSR count). The van der Waals surface area contributed by atoms with E-state index in [1.807, 2.05) is 11.7 Å². The molecule has 3 nitrogen and oxygen atoms in total. The maximum atomic E-state index is 4.72. The Labute approximate surface area is 116 Å². The Morgan fingerprint density at radius 1 is 1.32 bits per heavy atom. The van der Waals surface area contributed by atoms with Crippen molar-refractivity contribution in [3.63, 3.8) is 0 Å². The van der Waals surface area contributed by atoms with E-state index in [0.717, 1.165) is 12.2 Å². The number of rotatable bonds is 4. The maximum Gasteiger partial charge on any atom is 0.0918 e. The highest BCUT2D eigenvalue weighted by atomic mass is 32.1. The highest BCUT2D eigenvalue weighted by Gasteiger charge is 2.20. The SMILES string of the molecule is CCNC(c1ccsc1)c1nn(C)c2ccccc12. The van der Waals surface area contributed by atoms with Gasteiger partial charge in [0.2, 0.25) is 0 Å². The van der Waals surface area contributed by atoms with Crippen LogP contribution in [-0.2, 0) is 7.05 Å². The Morgan fingerprint density at radius 2 is 2.16 bits per heavy atom. The summed E-state index contributed by atoms with van der Waals surface area (Å²) in [5.74, 6) is 0. The van der Waals surface area contributed by atoms with Crippen LogP contribution in [0.4, 0.5) is 0 Å². The second kappa shape index (κ2) is 5.15. The van der Waals surface area contributed by atoms with E-state index in [0.29, 0.717) is 0 Å². The van der Waals surface area contributed by atoms with Crippen molar-refractivity contribution < 1.29 is 0 Å². The number of benzene rings is 1. The van der Waals surface area contributed by atoms with Crippen LogP contribution in [0.3, 0.4) is 0 Å². The van der Waals surface area contributed by atoms with Crippen LogP contribution in [0.25, 0.3) is 10.9 Å². The molecule has 0 aliphatic carbocycles. The van der Waals surface area contributed by atoms with Gasteiger partial charge in [-0.2, -0.15) is 16.4 Å². The van der Waals surface area contributed by atoms with Crippen molar-refractivity contribution in [1.29, 1.82) is 0 Å². The number of nitrogens with one attached hydrogen (secondary N) is 1. The highest BCUT2D eigenvalue weighted by molar-refractivity contribution is 7.08. The Balaban J connectivity index is 2.15. The number of thiophene rings is 1. The minimum atomic E-state index is 0.169. The van der Waals surface area contributed by atoms with Gasteiger partial charge < -0.3 is 5.32 Å². The predicted octanol–water partition coefficient (Wildman–Crippen LogP) is 3.33. The number of hydrogen-bond acceptors (Lipinski definition) is 3. The summed E-state index contributed by atoms with van der Waals surface area (Å²) in [6, 6.07) is 10.7. The highest BCUT2D eigenvalue weighted by Crippen LogP contribution is 2.29. The molecule has 2 heterocycles. The lowest BCUT2D eigenvalue weighted by molar-refractivity contribution is 0.605. The van der Waals surface area contributed by atoms with Crippen molar-refractivity contribution in [3.8, 4) is 0 Å². The van der Waals surface area contributed by atoms with Gasteiger partial charge in [-0.05, 0) is 35.0 Å². The summed E-state index contributed by atoms with van der Waals surface area (Å²) in [4.78, 5) is 0. The average molecular weight is 271 g/mol. The van der Waals surface area contributed by atoms with Gasteiger partial charge in [-0.3, -0.25) is 4.68 Å². The normalized spacial score (nSPS) is 12.9. The zero-order chi connectivity index (χ0) is 13.2. The largest absolute Gasteiger partial charge is 0.305 e. The van der Waals surface area contributed by atoms with E-state index < -0.39 is 0 Å². The predicted molar refractivity (Wildman–Crippen MR) is 80.6 cm³/mol. The van der Waals surface area contributed by atoms with Gasteiger partial charge in [0.05, 0.1) is 17.3 Å². The number of aryl methyl sites for hydroxylation is 1. The minimum Gasteiger partial charge on any atom is -0.305 e. The van der Waals surface area contributed by atoms with Crippen molar-refractivity contribution in [2.75, 3.05) is 6.54 Å². The Bertz CT molecular complexity index is 670. The Morgan fingerprint density at radius 3 is 2.89 bits per heavy atom. The molecule has 0 spiro atoms. The molecule has 0 amide bonds. The zero-order valence-electron chi connectivity index (χ0n) is 11.1. The van der Waals surface area contributed by atoms with E-state index in [2.05, 4.69) is 53.3 Å². The molecule has 0 fully saturated rings. The van der Waals surface area contributed by atoms with Gasteiger partial charge in [-0.15, -0.1) is 0 Å². The van der Waals surface area contributed by atoms with Gasteiger partial charge in [0.25, 0.3) is 0 Å². The van der Waals surface area contributed by atoms with Gasteiger partial charge in [0, 0.05) is 12.4 Å². The number of nitrogens with zero attached hydrogens (tertiary/aromatic N) is 2. The van der Waals surface area contributed by atoms with E-state index in [1.165, 1.54) is 16.5 Å². The van der Waals surface area contributed by atoms with Crippen LogP contribution in [-0.4, -0.2) is 16.3 Å². The molecule has 2 aromatic heterocycles. The topological polar surface area (TPSA) is 29.9 Å². The smallest absolute Gasteiger partial charge is 0.0918 e. The fourth-order valence-electron chi connectivity index (χ4n) is 2.47. The third-order valence-electron chi connectivity index (χ3n) is 3.34. The standard InChI is InChI=1S/C15H17N3S/c1-3-16-14(11-8-9-19-10-11)15-12-6-4-5-7-13(12)18(2)17-15/h4-10,14,16H,3H2,1-2H3. The number of hydrogen-bond donors (Lipinski definition) is 1. The Hall–Kier alpha value is -1.65. The molecule has 19 heavy (non-hydrogen) atoms. The molecule has 0 saturated carbocycles. The fourth-order valence-corrected chi connectivity index (χ4v) is 3.16. The summed E-state index contributed by atoms with van der Waals surface area (Å²) in [5.41, 5.74) is 3.57. The second-order valence-electron chi connectivity index (χ2n) is 4.57. The van der Waals surface area contributed by atoms with Crippen LogP contribution in [0.5, 0.6) is 0 Å². The third kappa shape index (κ3) is 2.17. The van der Waals surface area contributed by atoms with Gasteiger partial charge >= 0.3 is 0 Å². The van der Waals surface area contributed by atoms with Crippen LogP contribution in [0.2, 0.25) is 0 Å².